The van der Waals surface area contributed by atoms with Gasteiger partial charge in [-0.3, -0.25) is 0 Å². The number of aryl methyl sites for hydroxylation is 2. The average molecular weight is 412 g/mol. The Morgan fingerprint density at radius 2 is 2.04 bits per heavy atom. The Hall–Kier alpha value is -2.78. The molecule has 4 aromatic rings. The summed E-state index contributed by atoms with van der Waals surface area (Å²) in [6, 6.07) is 7.82. The van der Waals surface area contributed by atoms with E-state index in [1.807, 2.05) is 38.1 Å². The zero-order chi connectivity index (χ0) is 19.7. The maximum Gasteiger partial charge on any atom is 0.348 e. The van der Waals surface area contributed by atoms with Gasteiger partial charge in [0, 0.05) is 10.9 Å². The van der Waals surface area contributed by atoms with Gasteiger partial charge in [-0.1, -0.05) is 18.2 Å². The zero-order valence-electron chi connectivity index (χ0n) is 15.4. The number of fused-ring (bicyclic) bond motifs is 1. The first-order valence-electron chi connectivity index (χ1n) is 8.57. The number of carbonyl (C=O) groups excluding carboxylic acids is 1. The third-order valence-electron chi connectivity index (χ3n) is 4.12. The van der Waals surface area contributed by atoms with Gasteiger partial charge in [0.2, 0.25) is 5.89 Å². The van der Waals surface area contributed by atoms with Gasteiger partial charge in [-0.15, -0.1) is 21.5 Å². The van der Waals surface area contributed by atoms with Gasteiger partial charge in [0.1, 0.15) is 21.1 Å². The van der Waals surface area contributed by atoms with Gasteiger partial charge in [0.15, 0.2) is 0 Å². The Labute approximate surface area is 169 Å². The fourth-order valence-electron chi connectivity index (χ4n) is 2.76. The van der Waals surface area contributed by atoms with Crippen molar-refractivity contribution in [2.24, 2.45) is 0 Å². The Morgan fingerprint density at radius 3 is 2.82 bits per heavy atom. The standard InChI is InChI=1S/C19H16N4O3S2/c1-4-25-18(24)14-11(3)13-16(27-14)20-9-21-17(13)28-19-23-22-15(26-19)12-8-6-5-7-10(12)2/h5-9H,4H2,1-3H3. The third kappa shape index (κ3) is 3.38. The van der Waals surface area contributed by atoms with E-state index in [0.29, 0.717) is 27.6 Å². The van der Waals surface area contributed by atoms with E-state index in [1.165, 1.54) is 29.4 Å². The van der Waals surface area contributed by atoms with Crippen LogP contribution in [0.15, 0.2) is 45.3 Å². The largest absolute Gasteiger partial charge is 0.462 e. The molecule has 0 fully saturated rings. The van der Waals surface area contributed by atoms with Gasteiger partial charge in [-0.05, 0) is 49.7 Å². The highest BCUT2D eigenvalue weighted by atomic mass is 32.2. The molecule has 0 atom stereocenters. The van der Waals surface area contributed by atoms with Crippen LogP contribution in [0.1, 0.15) is 27.7 Å². The van der Waals surface area contributed by atoms with Crippen LogP contribution in [0.4, 0.5) is 0 Å². The molecule has 0 amide bonds. The van der Waals surface area contributed by atoms with Crippen LogP contribution in [0.3, 0.4) is 0 Å². The quantitative estimate of drug-likeness (QED) is 0.344. The highest BCUT2D eigenvalue weighted by Crippen LogP contribution is 2.38. The van der Waals surface area contributed by atoms with Crippen molar-refractivity contribution in [2.45, 2.75) is 31.0 Å². The van der Waals surface area contributed by atoms with Crippen LogP contribution in [0, 0.1) is 13.8 Å². The highest BCUT2D eigenvalue weighted by Gasteiger charge is 2.22. The molecule has 142 valence electrons. The molecule has 3 heterocycles. The molecule has 0 saturated carbocycles. The van der Waals surface area contributed by atoms with Crippen LogP contribution in [-0.2, 0) is 4.74 Å². The number of hydrogen-bond donors (Lipinski definition) is 0. The Balaban J connectivity index is 1.69. The second-order valence-corrected chi connectivity index (χ2v) is 7.86. The van der Waals surface area contributed by atoms with E-state index >= 15 is 0 Å². The number of esters is 1. The SMILES string of the molecule is CCOC(=O)c1sc2ncnc(Sc3nnc(-c4ccccc4C)o3)c2c1C. The van der Waals surface area contributed by atoms with Gasteiger partial charge < -0.3 is 9.15 Å². The molecule has 4 rings (SSSR count). The zero-order valence-corrected chi connectivity index (χ0v) is 17.1. The summed E-state index contributed by atoms with van der Waals surface area (Å²) < 4.78 is 11.0. The van der Waals surface area contributed by atoms with Crippen molar-refractivity contribution in [3.8, 4) is 11.5 Å². The van der Waals surface area contributed by atoms with Crippen molar-refractivity contribution in [2.75, 3.05) is 6.61 Å². The lowest BCUT2D eigenvalue weighted by atomic mass is 10.1. The lowest BCUT2D eigenvalue weighted by molar-refractivity contribution is 0.0531. The Kier molecular flexibility index (Phi) is 5.10. The van der Waals surface area contributed by atoms with E-state index in [1.54, 1.807) is 6.92 Å². The fraction of sp³-hybridized carbons (Fsp3) is 0.211. The minimum absolute atomic E-state index is 0.323. The molecule has 9 heteroatoms. The number of carbonyl (C=O) groups is 1. The number of hydrogen-bond acceptors (Lipinski definition) is 9. The molecule has 0 aliphatic rings. The highest BCUT2D eigenvalue weighted by molar-refractivity contribution is 7.99. The van der Waals surface area contributed by atoms with E-state index in [0.717, 1.165) is 26.9 Å². The second-order valence-electron chi connectivity index (χ2n) is 5.93. The molecule has 0 aliphatic heterocycles. The van der Waals surface area contributed by atoms with Gasteiger partial charge in [0.05, 0.1) is 6.61 Å². The summed E-state index contributed by atoms with van der Waals surface area (Å²) in [5.74, 6) is 0.110. The minimum Gasteiger partial charge on any atom is -0.462 e. The van der Waals surface area contributed by atoms with Gasteiger partial charge in [-0.2, -0.15) is 0 Å². The molecule has 0 saturated heterocycles. The first-order valence-corrected chi connectivity index (χ1v) is 10.2. The van der Waals surface area contributed by atoms with E-state index in [2.05, 4.69) is 20.2 Å². The van der Waals surface area contributed by atoms with E-state index in [4.69, 9.17) is 9.15 Å². The molecule has 0 unspecified atom stereocenters. The van der Waals surface area contributed by atoms with Crippen LogP contribution in [0.2, 0.25) is 0 Å². The van der Waals surface area contributed by atoms with Crippen LogP contribution in [0.5, 0.6) is 0 Å². The van der Waals surface area contributed by atoms with Crippen molar-refractivity contribution >= 4 is 39.3 Å². The number of benzene rings is 1. The van der Waals surface area contributed by atoms with E-state index in [-0.39, 0.29) is 5.97 Å². The maximum absolute atomic E-state index is 12.2. The summed E-state index contributed by atoms with van der Waals surface area (Å²) in [7, 11) is 0. The summed E-state index contributed by atoms with van der Waals surface area (Å²) in [6.45, 7) is 5.96. The lowest BCUT2D eigenvalue weighted by Crippen LogP contribution is -2.03. The smallest absolute Gasteiger partial charge is 0.348 e. The number of thiophene rings is 1. The Bertz CT molecular complexity index is 1170. The Morgan fingerprint density at radius 1 is 1.21 bits per heavy atom. The third-order valence-corrected chi connectivity index (χ3v) is 6.14. The molecule has 0 radical (unpaired) electrons. The molecule has 7 nitrogen and oxygen atoms in total. The lowest BCUT2D eigenvalue weighted by Gasteiger charge is -2.01. The first kappa shape index (κ1) is 18.6. The van der Waals surface area contributed by atoms with Crippen molar-refractivity contribution < 1.29 is 13.9 Å². The van der Waals surface area contributed by atoms with Crippen LogP contribution in [-0.4, -0.2) is 32.7 Å². The van der Waals surface area contributed by atoms with Crippen LogP contribution >= 0.6 is 23.1 Å². The summed E-state index contributed by atoms with van der Waals surface area (Å²) in [4.78, 5) is 22.1. The van der Waals surface area contributed by atoms with Crippen LogP contribution < -0.4 is 0 Å². The van der Waals surface area contributed by atoms with Gasteiger partial charge in [0.25, 0.3) is 5.22 Å². The van der Waals surface area contributed by atoms with E-state index < -0.39 is 0 Å². The second kappa shape index (κ2) is 7.69. The number of aromatic nitrogens is 4. The molecule has 0 N–H and O–H groups in total. The molecular formula is C19H16N4O3S2. The summed E-state index contributed by atoms with van der Waals surface area (Å²) in [5.41, 5.74) is 2.74. The van der Waals surface area contributed by atoms with Gasteiger partial charge >= 0.3 is 5.97 Å². The summed E-state index contributed by atoms with van der Waals surface area (Å²) in [5, 5.41) is 10.1. The number of nitrogens with zero attached hydrogens (tertiary/aromatic N) is 4. The molecule has 3 aromatic heterocycles. The van der Waals surface area contributed by atoms with Gasteiger partial charge in [-0.25, -0.2) is 14.8 Å². The topological polar surface area (TPSA) is 91.0 Å². The van der Waals surface area contributed by atoms with E-state index in [9.17, 15) is 4.79 Å². The molecule has 0 spiro atoms. The normalized spacial score (nSPS) is 11.1. The predicted octanol–water partition coefficient (Wildman–Crippen LogP) is 4.69. The van der Waals surface area contributed by atoms with Crippen molar-refractivity contribution in [3.05, 3.63) is 46.6 Å². The average Bonchev–Trinajstić information content (AvgIpc) is 3.28. The number of rotatable bonds is 5. The maximum atomic E-state index is 12.2. The first-order chi connectivity index (χ1) is 13.6. The molecule has 28 heavy (non-hydrogen) atoms. The summed E-state index contributed by atoms with van der Waals surface area (Å²) >= 11 is 2.55. The molecular weight excluding hydrogens is 396 g/mol. The predicted molar refractivity (Wildman–Crippen MR) is 107 cm³/mol. The van der Waals surface area contributed by atoms with Crippen molar-refractivity contribution in [1.82, 2.24) is 20.2 Å². The number of ether oxygens (including phenoxy) is 1. The molecule has 1 aromatic carbocycles. The summed E-state index contributed by atoms with van der Waals surface area (Å²) in [6.07, 6.45) is 1.47. The fourth-order valence-corrected chi connectivity index (χ4v) is 4.69. The minimum atomic E-state index is -0.349. The molecule has 0 bridgehead atoms. The monoisotopic (exact) mass is 412 g/mol. The van der Waals surface area contributed by atoms with Crippen molar-refractivity contribution in [3.63, 3.8) is 0 Å². The molecule has 0 aliphatic carbocycles. The van der Waals surface area contributed by atoms with Crippen LogP contribution in [0.25, 0.3) is 21.7 Å². The van der Waals surface area contributed by atoms with Crippen molar-refractivity contribution in [1.29, 1.82) is 0 Å².